The molecule has 0 saturated carbocycles. The number of aromatic nitrogens is 2. The summed E-state index contributed by atoms with van der Waals surface area (Å²) in [4.78, 5) is 6.53. The van der Waals surface area contributed by atoms with Crippen LogP contribution in [-0.4, -0.2) is 21.8 Å². The highest BCUT2D eigenvalue weighted by Crippen LogP contribution is 2.43. The van der Waals surface area contributed by atoms with E-state index in [0.717, 1.165) is 35.0 Å². The standard InChI is InChI=1S/C32H25F3N4O2S/c1-40-24-14-16-26(17-15-24)41-25-12-10-22(11-13-25)39-30(29(37-31(39)42)27-8-2-3-18-36-27)28-9-5-19-38(28)23-7-4-6-21(20-23)32(33,34)35/h2-20,29-30H,1H3,(H,37,42). The molecule has 1 N–H and O–H groups in total. The first-order valence-electron chi connectivity index (χ1n) is 13.1. The van der Waals surface area contributed by atoms with Crippen LogP contribution in [0.25, 0.3) is 5.69 Å². The van der Waals surface area contributed by atoms with Crippen LogP contribution < -0.4 is 19.7 Å². The number of alkyl halides is 3. The van der Waals surface area contributed by atoms with Gasteiger partial charge >= 0.3 is 6.18 Å². The molecule has 0 spiro atoms. The first-order valence-corrected chi connectivity index (χ1v) is 13.5. The summed E-state index contributed by atoms with van der Waals surface area (Å²) in [5.74, 6) is 2.03. The Bertz CT molecular complexity index is 1690. The number of pyridine rings is 1. The Morgan fingerprint density at radius 3 is 2.19 bits per heavy atom. The smallest absolute Gasteiger partial charge is 0.416 e. The average Bonchev–Trinajstić information content (AvgIpc) is 3.62. The molecule has 212 valence electrons. The first kappa shape index (κ1) is 27.3. The lowest BCUT2D eigenvalue weighted by atomic mass is 10.0. The third-order valence-corrected chi connectivity index (χ3v) is 7.36. The van der Waals surface area contributed by atoms with Crippen molar-refractivity contribution in [3.63, 3.8) is 0 Å². The van der Waals surface area contributed by atoms with Crippen LogP contribution in [0.4, 0.5) is 18.9 Å². The molecule has 1 aliphatic rings. The maximum atomic E-state index is 13.6. The number of benzene rings is 3. The highest BCUT2D eigenvalue weighted by molar-refractivity contribution is 7.80. The van der Waals surface area contributed by atoms with Crippen LogP contribution in [0, 0.1) is 0 Å². The number of rotatable bonds is 7. The fourth-order valence-electron chi connectivity index (χ4n) is 5.09. The molecule has 1 aliphatic heterocycles. The van der Waals surface area contributed by atoms with Gasteiger partial charge in [0, 0.05) is 29.5 Å². The van der Waals surface area contributed by atoms with Crippen LogP contribution >= 0.6 is 12.2 Å². The molecule has 0 radical (unpaired) electrons. The van der Waals surface area contributed by atoms with Crippen molar-refractivity contribution in [2.24, 2.45) is 0 Å². The van der Waals surface area contributed by atoms with Crippen LogP contribution in [-0.2, 0) is 6.18 Å². The van der Waals surface area contributed by atoms with Crippen molar-refractivity contribution in [1.29, 1.82) is 0 Å². The van der Waals surface area contributed by atoms with Crippen molar-refractivity contribution in [3.05, 3.63) is 132 Å². The fraction of sp³-hybridized carbons (Fsp3) is 0.125. The summed E-state index contributed by atoms with van der Waals surface area (Å²) in [6.45, 7) is 0. The summed E-state index contributed by atoms with van der Waals surface area (Å²) >= 11 is 5.83. The third-order valence-electron chi connectivity index (χ3n) is 7.04. The lowest BCUT2D eigenvalue weighted by molar-refractivity contribution is -0.137. The van der Waals surface area contributed by atoms with E-state index in [1.807, 2.05) is 83.8 Å². The second-order valence-electron chi connectivity index (χ2n) is 9.62. The van der Waals surface area contributed by atoms with Crippen LogP contribution in [0.15, 0.2) is 116 Å². The molecule has 10 heteroatoms. The molecule has 0 bridgehead atoms. The van der Waals surface area contributed by atoms with Crippen LogP contribution in [0.2, 0.25) is 0 Å². The van der Waals surface area contributed by atoms with Gasteiger partial charge < -0.3 is 24.3 Å². The molecule has 5 aromatic rings. The molecule has 2 unspecified atom stereocenters. The summed E-state index contributed by atoms with van der Waals surface area (Å²) in [7, 11) is 1.61. The van der Waals surface area contributed by atoms with Gasteiger partial charge in [0.1, 0.15) is 23.3 Å². The number of nitrogens with one attached hydrogen (secondary N) is 1. The van der Waals surface area contributed by atoms with Gasteiger partial charge in [-0.25, -0.2) is 0 Å². The van der Waals surface area contributed by atoms with E-state index in [1.165, 1.54) is 6.07 Å². The molecule has 3 heterocycles. The number of halogens is 3. The monoisotopic (exact) mass is 586 g/mol. The molecule has 42 heavy (non-hydrogen) atoms. The Labute approximate surface area is 246 Å². The van der Waals surface area contributed by atoms with Crippen LogP contribution in [0.5, 0.6) is 17.2 Å². The number of thiocarbonyl (C=S) groups is 1. The molecule has 6 nitrogen and oxygen atoms in total. The zero-order valence-corrected chi connectivity index (χ0v) is 23.1. The lowest BCUT2D eigenvalue weighted by Gasteiger charge is -2.29. The van der Waals surface area contributed by atoms with E-state index < -0.39 is 17.8 Å². The van der Waals surface area contributed by atoms with Crippen molar-refractivity contribution < 1.29 is 22.6 Å². The largest absolute Gasteiger partial charge is 0.497 e. The molecular formula is C32H25F3N4O2S. The minimum absolute atomic E-state index is 0.367. The van der Waals surface area contributed by atoms with Crippen molar-refractivity contribution in [2.45, 2.75) is 18.3 Å². The van der Waals surface area contributed by atoms with Gasteiger partial charge in [-0.05, 0) is 103 Å². The van der Waals surface area contributed by atoms with Crippen molar-refractivity contribution in [3.8, 4) is 22.9 Å². The Kier molecular flexibility index (Phi) is 7.30. The summed E-state index contributed by atoms with van der Waals surface area (Å²) in [5, 5.41) is 3.86. The van der Waals surface area contributed by atoms with Gasteiger partial charge in [0.15, 0.2) is 5.11 Å². The van der Waals surface area contributed by atoms with E-state index in [2.05, 4.69) is 10.3 Å². The summed E-state index contributed by atoms with van der Waals surface area (Å²) < 4.78 is 53.7. The predicted molar refractivity (Wildman–Crippen MR) is 158 cm³/mol. The molecule has 2 atom stereocenters. The number of anilines is 1. The molecule has 0 aliphatic carbocycles. The highest BCUT2D eigenvalue weighted by Gasteiger charge is 2.42. The van der Waals surface area contributed by atoms with Gasteiger partial charge in [-0.1, -0.05) is 12.1 Å². The first-order chi connectivity index (χ1) is 20.3. The van der Waals surface area contributed by atoms with Gasteiger partial charge in [0.05, 0.1) is 24.4 Å². The van der Waals surface area contributed by atoms with Crippen LogP contribution in [0.3, 0.4) is 0 Å². The minimum Gasteiger partial charge on any atom is -0.497 e. The fourth-order valence-corrected chi connectivity index (χ4v) is 5.44. The second-order valence-corrected chi connectivity index (χ2v) is 10.0. The Morgan fingerprint density at radius 2 is 1.52 bits per heavy atom. The summed E-state index contributed by atoms with van der Waals surface area (Å²) in [6.07, 6.45) is -0.999. The third kappa shape index (κ3) is 5.40. The van der Waals surface area contributed by atoms with Gasteiger partial charge in [-0.15, -0.1) is 0 Å². The van der Waals surface area contributed by atoms with Gasteiger partial charge in [0.2, 0.25) is 0 Å². The molecular weight excluding hydrogens is 561 g/mol. The molecule has 6 rings (SSSR count). The topological polar surface area (TPSA) is 51.6 Å². The van der Waals surface area contributed by atoms with E-state index in [0.29, 0.717) is 22.3 Å². The Balaban J connectivity index is 1.38. The van der Waals surface area contributed by atoms with E-state index in [1.54, 1.807) is 30.1 Å². The highest BCUT2D eigenvalue weighted by atomic mass is 32.1. The lowest BCUT2D eigenvalue weighted by Crippen LogP contribution is -2.30. The Morgan fingerprint density at radius 1 is 0.810 bits per heavy atom. The van der Waals surface area contributed by atoms with Crippen molar-refractivity contribution in [1.82, 2.24) is 14.9 Å². The molecule has 0 amide bonds. The van der Waals surface area contributed by atoms with Gasteiger partial charge in [0.25, 0.3) is 0 Å². The second kappa shape index (κ2) is 11.2. The molecule has 2 aromatic heterocycles. The number of nitrogens with zero attached hydrogens (tertiary/aromatic N) is 3. The SMILES string of the molecule is COc1ccc(Oc2ccc(N3C(=S)NC(c4ccccn4)C3c3cccn3-c3cccc(C(F)(F)F)c3)cc2)cc1. The predicted octanol–water partition coefficient (Wildman–Crippen LogP) is 7.87. The van der Waals surface area contributed by atoms with E-state index >= 15 is 0 Å². The Hall–Kier alpha value is -4.83. The van der Waals surface area contributed by atoms with Crippen molar-refractivity contribution >= 4 is 23.0 Å². The number of ether oxygens (including phenoxy) is 2. The van der Waals surface area contributed by atoms with Gasteiger partial charge in [-0.2, -0.15) is 13.2 Å². The maximum absolute atomic E-state index is 13.6. The van der Waals surface area contributed by atoms with Crippen molar-refractivity contribution in [2.75, 3.05) is 12.0 Å². The van der Waals surface area contributed by atoms with Crippen LogP contribution in [0.1, 0.15) is 29.0 Å². The van der Waals surface area contributed by atoms with Gasteiger partial charge in [-0.3, -0.25) is 4.98 Å². The number of methoxy groups -OCH3 is 1. The normalized spacial score (nSPS) is 16.8. The van der Waals surface area contributed by atoms with E-state index in [9.17, 15) is 13.2 Å². The quantitative estimate of drug-likeness (QED) is 0.196. The number of hydrogen-bond donors (Lipinski definition) is 1. The molecule has 1 saturated heterocycles. The zero-order valence-electron chi connectivity index (χ0n) is 22.3. The van der Waals surface area contributed by atoms with E-state index in [4.69, 9.17) is 21.7 Å². The minimum atomic E-state index is -4.46. The summed E-state index contributed by atoms with van der Waals surface area (Å²) in [6, 6.07) is 28.6. The molecule has 3 aromatic carbocycles. The zero-order chi connectivity index (χ0) is 29.3. The average molecular weight is 587 g/mol. The number of hydrogen-bond acceptors (Lipinski definition) is 4. The maximum Gasteiger partial charge on any atom is 0.416 e. The van der Waals surface area contributed by atoms with E-state index in [-0.39, 0.29) is 6.04 Å². The summed E-state index contributed by atoms with van der Waals surface area (Å²) in [5.41, 5.74) is 1.96. The molecule has 1 fully saturated rings.